The van der Waals surface area contributed by atoms with Crippen LogP contribution in [0.25, 0.3) is 0 Å². The molecule has 0 spiro atoms. The van der Waals surface area contributed by atoms with Crippen LogP contribution < -0.4 is 10.6 Å². The van der Waals surface area contributed by atoms with Crippen LogP contribution in [0.5, 0.6) is 0 Å². The van der Waals surface area contributed by atoms with Crippen molar-refractivity contribution >= 4 is 16.7 Å². The summed E-state index contributed by atoms with van der Waals surface area (Å²) in [5.41, 5.74) is 0. The Morgan fingerprint density at radius 3 is 2.65 bits per heavy atom. The molecule has 0 fully saturated rings. The number of rotatable bonds is 10. The van der Waals surface area contributed by atoms with E-state index in [1.54, 1.807) is 0 Å². The molecule has 0 heterocycles. The second-order valence-corrected chi connectivity index (χ2v) is 5.37. The van der Waals surface area contributed by atoms with Gasteiger partial charge in [-0.25, -0.2) is 0 Å². The summed E-state index contributed by atoms with van der Waals surface area (Å²) in [6.45, 7) is 5.39. The van der Waals surface area contributed by atoms with E-state index in [9.17, 15) is 9.00 Å². The van der Waals surface area contributed by atoms with Gasteiger partial charge in [0.1, 0.15) is 5.75 Å². The molecule has 6 heteroatoms. The zero-order valence-electron chi connectivity index (χ0n) is 10.7. The fraction of sp³-hybridized carbons (Fsp3) is 0.909. The lowest BCUT2D eigenvalue weighted by Gasteiger charge is -2.15. The highest BCUT2D eigenvalue weighted by Gasteiger charge is 2.13. The van der Waals surface area contributed by atoms with Crippen LogP contribution in [0.1, 0.15) is 26.7 Å². The van der Waals surface area contributed by atoms with Crippen LogP contribution in [0.2, 0.25) is 0 Å². The van der Waals surface area contributed by atoms with Gasteiger partial charge < -0.3 is 15.7 Å². The number of aliphatic hydroxyl groups is 1. The van der Waals surface area contributed by atoms with Crippen LogP contribution in [0.4, 0.5) is 0 Å². The van der Waals surface area contributed by atoms with E-state index in [4.69, 9.17) is 5.11 Å². The van der Waals surface area contributed by atoms with Gasteiger partial charge in [0.15, 0.2) is 0 Å². The summed E-state index contributed by atoms with van der Waals surface area (Å²) in [6, 6.07) is 0.0183. The molecule has 5 nitrogen and oxygen atoms in total. The normalized spacial score (nSPS) is 14.3. The maximum Gasteiger partial charge on any atom is 0.232 e. The smallest absolute Gasteiger partial charge is 0.232 e. The van der Waals surface area contributed by atoms with Gasteiger partial charge in [-0.15, -0.1) is 0 Å². The third kappa shape index (κ3) is 9.26. The Balaban J connectivity index is 3.91. The van der Waals surface area contributed by atoms with Crippen LogP contribution in [0, 0.1) is 0 Å². The van der Waals surface area contributed by atoms with Crippen molar-refractivity contribution in [1.29, 1.82) is 0 Å². The monoisotopic (exact) mass is 264 g/mol. The standard InChI is InChI=1S/C11H24N2O3S/c1-3-6-13-11(15)9-17(16)8-10(5-7-14)12-4-2/h10,12,14H,3-9H2,1-2H3,(H,13,15). The van der Waals surface area contributed by atoms with Crippen molar-refractivity contribution in [3.05, 3.63) is 0 Å². The average Bonchev–Trinajstić information content (AvgIpc) is 2.26. The van der Waals surface area contributed by atoms with Crippen LogP contribution in [-0.2, 0) is 15.6 Å². The van der Waals surface area contributed by atoms with E-state index in [-0.39, 0.29) is 24.3 Å². The molecule has 102 valence electrons. The molecule has 3 N–H and O–H groups in total. The largest absolute Gasteiger partial charge is 0.396 e. The minimum atomic E-state index is -1.17. The molecule has 0 aromatic heterocycles. The molecule has 0 aliphatic carbocycles. The van der Waals surface area contributed by atoms with Gasteiger partial charge in [0.05, 0.1) is 0 Å². The predicted octanol–water partition coefficient (Wildman–Crippen LogP) is -0.378. The highest BCUT2D eigenvalue weighted by Crippen LogP contribution is 1.95. The molecule has 17 heavy (non-hydrogen) atoms. The van der Waals surface area contributed by atoms with Gasteiger partial charge in [-0.05, 0) is 19.4 Å². The number of hydrogen-bond donors (Lipinski definition) is 3. The SMILES string of the molecule is CCCNC(=O)CS(=O)CC(CCO)NCC. The van der Waals surface area contributed by atoms with Crippen molar-refractivity contribution in [2.45, 2.75) is 32.7 Å². The van der Waals surface area contributed by atoms with Crippen LogP contribution >= 0.6 is 0 Å². The van der Waals surface area contributed by atoms with Gasteiger partial charge in [-0.1, -0.05) is 13.8 Å². The summed E-state index contributed by atoms with van der Waals surface area (Å²) in [5, 5.41) is 14.7. The molecule has 0 bridgehead atoms. The van der Waals surface area contributed by atoms with E-state index in [0.29, 0.717) is 18.7 Å². The Hall–Kier alpha value is -0.460. The van der Waals surface area contributed by atoms with E-state index >= 15 is 0 Å². The van der Waals surface area contributed by atoms with Crippen LogP contribution in [-0.4, -0.2) is 52.5 Å². The van der Waals surface area contributed by atoms with E-state index in [0.717, 1.165) is 13.0 Å². The molecule has 0 aromatic carbocycles. The quantitative estimate of drug-likeness (QED) is 0.503. The molecular formula is C11H24N2O3S. The second-order valence-electron chi connectivity index (χ2n) is 3.87. The van der Waals surface area contributed by atoms with Crippen molar-refractivity contribution in [2.24, 2.45) is 0 Å². The number of amides is 1. The number of aliphatic hydroxyl groups excluding tert-OH is 1. The molecule has 0 saturated heterocycles. The molecule has 0 rings (SSSR count). The molecule has 2 atom stereocenters. The fourth-order valence-corrected chi connectivity index (χ4v) is 2.68. The highest BCUT2D eigenvalue weighted by molar-refractivity contribution is 7.85. The first-order valence-electron chi connectivity index (χ1n) is 6.09. The third-order valence-electron chi connectivity index (χ3n) is 2.22. The molecule has 0 saturated carbocycles. The number of carbonyl (C=O) groups excluding carboxylic acids is 1. The molecule has 0 aliphatic heterocycles. The van der Waals surface area contributed by atoms with Crippen LogP contribution in [0.3, 0.4) is 0 Å². The van der Waals surface area contributed by atoms with Gasteiger partial charge in [0.25, 0.3) is 0 Å². The zero-order valence-corrected chi connectivity index (χ0v) is 11.5. The van der Waals surface area contributed by atoms with Crippen molar-refractivity contribution in [2.75, 3.05) is 31.2 Å². The van der Waals surface area contributed by atoms with Crippen LogP contribution in [0.15, 0.2) is 0 Å². The molecule has 0 radical (unpaired) electrons. The molecule has 1 amide bonds. The lowest BCUT2D eigenvalue weighted by atomic mass is 10.2. The summed E-state index contributed by atoms with van der Waals surface area (Å²) in [6.07, 6.45) is 1.44. The van der Waals surface area contributed by atoms with E-state index in [1.165, 1.54) is 0 Å². The molecule has 0 aliphatic rings. The summed E-state index contributed by atoms with van der Waals surface area (Å²) in [7, 11) is -1.17. The topological polar surface area (TPSA) is 78.4 Å². The minimum Gasteiger partial charge on any atom is -0.396 e. The average molecular weight is 264 g/mol. The van der Waals surface area contributed by atoms with E-state index < -0.39 is 10.8 Å². The predicted molar refractivity (Wildman–Crippen MR) is 70.3 cm³/mol. The highest BCUT2D eigenvalue weighted by atomic mass is 32.2. The van der Waals surface area contributed by atoms with Gasteiger partial charge in [-0.2, -0.15) is 0 Å². The van der Waals surface area contributed by atoms with Gasteiger partial charge in [0.2, 0.25) is 5.91 Å². The van der Waals surface area contributed by atoms with Gasteiger partial charge in [0, 0.05) is 35.7 Å². The summed E-state index contributed by atoms with van der Waals surface area (Å²) in [4.78, 5) is 11.3. The molecular weight excluding hydrogens is 240 g/mol. The summed E-state index contributed by atoms with van der Waals surface area (Å²) < 4.78 is 11.7. The van der Waals surface area contributed by atoms with E-state index in [1.807, 2.05) is 13.8 Å². The summed E-state index contributed by atoms with van der Waals surface area (Å²) in [5.74, 6) is 0.297. The zero-order chi connectivity index (χ0) is 13.1. The number of hydrogen-bond acceptors (Lipinski definition) is 4. The Labute approximate surface area is 106 Å². The fourth-order valence-electron chi connectivity index (χ4n) is 1.43. The molecule has 2 unspecified atom stereocenters. The minimum absolute atomic E-state index is 0.0183. The second kappa shape index (κ2) is 10.7. The van der Waals surface area contributed by atoms with Crippen molar-refractivity contribution in [3.63, 3.8) is 0 Å². The third-order valence-corrected chi connectivity index (χ3v) is 3.58. The number of nitrogens with one attached hydrogen (secondary N) is 2. The van der Waals surface area contributed by atoms with Gasteiger partial charge >= 0.3 is 0 Å². The number of carbonyl (C=O) groups is 1. The lowest BCUT2D eigenvalue weighted by molar-refractivity contribution is -0.118. The summed E-state index contributed by atoms with van der Waals surface area (Å²) >= 11 is 0. The molecule has 0 aromatic rings. The van der Waals surface area contributed by atoms with Crippen molar-refractivity contribution in [3.8, 4) is 0 Å². The van der Waals surface area contributed by atoms with Crippen molar-refractivity contribution < 1.29 is 14.1 Å². The Kier molecular flexibility index (Phi) is 10.4. The van der Waals surface area contributed by atoms with Gasteiger partial charge in [-0.3, -0.25) is 9.00 Å². The Morgan fingerprint density at radius 1 is 1.41 bits per heavy atom. The Bertz CT molecular complexity index is 231. The first kappa shape index (κ1) is 16.5. The van der Waals surface area contributed by atoms with Crippen molar-refractivity contribution in [1.82, 2.24) is 10.6 Å². The van der Waals surface area contributed by atoms with E-state index in [2.05, 4.69) is 10.6 Å². The maximum atomic E-state index is 11.7. The first-order valence-corrected chi connectivity index (χ1v) is 7.58. The lowest BCUT2D eigenvalue weighted by Crippen LogP contribution is -2.37. The maximum absolute atomic E-state index is 11.7. The Morgan fingerprint density at radius 2 is 2.12 bits per heavy atom. The first-order chi connectivity index (χ1) is 8.13.